The van der Waals surface area contributed by atoms with Gasteiger partial charge >= 0.3 is 0 Å². The molecule has 1 fully saturated rings. The van der Waals surface area contributed by atoms with E-state index in [2.05, 4.69) is 15.5 Å². The first-order valence-electron chi connectivity index (χ1n) is 9.63. The highest BCUT2D eigenvalue weighted by molar-refractivity contribution is 7.88. The molecule has 2 heterocycles. The van der Waals surface area contributed by atoms with Crippen LogP contribution in [0.3, 0.4) is 0 Å². The van der Waals surface area contributed by atoms with Crippen LogP contribution in [-0.4, -0.2) is 68.0 Å². The molecule has 0 spiro atoms. The van der Waals surface area contributed by atoms with Gasteiger partial charge in [-0.25, -0.2) is 12.8 Å². The highest BCUT2D eigenvalue weighted by Crippen LogP contribution is 2.13. The second kappa shape index (κ2) is 9.84. The molecule has 0 amide bonds. The van der Waals surface area contributed by atoms with E-state index in [0.717, 1.165) is 5.96 Å². The SMILES string of the molecule is CCNC(=NCCc1ccccc1F)N1CCN(S(=O)(=O)Cc2ccon2)CC1. The van der Waals surface area contributed by atoms with Crippen LogP contribution in [0.1, 0.15) is 18.2 Å². The van der Waals surface area contributed by atoms with Crippen molar-refractivity contribution in [3.05, 3.63) is 53.7 Å². The molecule has 1 saturated heterocycles. The van der Waals surface area contributed by atoms with Crippen molar-refractivity contribution in [3.8, 4) is 0 Å². The molecule has 0 unspecified atom stereocenters. The highest BCUT2D eigenvalue weighted by atomic mass is 32.2. The Morgan fingerprint density at radius 3 is 2.66 bits per heavy atom. The van der Waals surface area contributed by atoms with Gasteiger partial charge in [0.1, 0.15) is 17.8 Å². The molecule has 0 saturated carbocycles. The number of sulfonamides is 1. The summed E-state index contributed by atoms with van der Waals surface area (Å²) < 4.78 is 45.1. The van der Waals surface area contributed by atoms with Crippen molar-refractivity contribution in [2.45, 2.75) is 19.1 Å². The largest absolute Gasteiger partial charge is 0.364 e. The van der Waals surface area contributed by atoms with Crippen LogP contribution in [0.15, 0.2) is 46.1 Å². The van der Waals surface area contributed by atoms with Crippen molar-refractivity contribution in [2.24, 2.45) is 4.99 Å². The van der Waals surface area contributed by atoms with Gasteiger partial charge in [0.15, 0.2) is 5.96 Å². The number of halogens is 1. The molecule has 1 aromatic carbocycles. The molecule has 1 aliphatic rings. The summed E-state index contributed by atoms with van der Waals surface area (Å²) in [6, 6.07) is 8.24. The Balaban J connectivity index is 1.57. The summed E-state index contributed by atoms with van der Waals surface area (Å²) in [5.41, 5.74) is 1.03. The Morgan fingerprint density at radius 1 is 1.24 bits per heavy atom. The summed E-state index contributed by atoms with van der Waals surface area (Å²) in [6.45, 7) is 4.94. The van der Waals surface area contributed by atoms with E-state index in [1.54, 1.807) is 18.2 Å². The minimum atomic E-state index is -3.44. The summed E-state index contributed by atoms with van der Waals surface area (Å²) in [7, 11) is -3.44. The first kappa shape index (κ1) is 21.3. The summed E-state index contributed by atoms with van der Waals surface area (Å²) in [5, 5.41) is 6.92. The Hall–Kier alpha value is -2.46. The lowest BCUT2D eigenvalue weighted by molar-refractivity contribution is 0.260. The zero-order valence-electron chi connectivity index (χ0n) is 16.4. The van der Waals surface area contributed by atoms with Crippen LogP contribution in [0.2, 0.25) is 0 Å². The van der Waals surface area contributed by atoms with Gasteiger partial charge in [0.25, 0.3) is 0 Å². The molecule has 3 rings (SSSR count). The fourth-order valence-corrected chi connectivity index (χ4v) is 4.60. The Morgan fingerprint density at radius 2 is 2.00 bits per heavy atom. The molecule has 1 aromatic heterocycles. The van der Waals surface area contributed by atoms with Crippen LogP contribution in [0.25, 0.3) is 0 Å². The van der Waals surface area contributed by atoms with E-state index in [1.807, 2.05) is 17.9 Å². The second-order valence-corrected chi connectivity index (χ2v) is 8.68. The molecule has 0 atom stereocenters. The number of rotatable bonds is 7. The predicted octanol–water partition coefficient (Wildman–Crippen LogP) is 1.47. The minimum absolute atomic E-state index is 0.166. The summed E-state index contributed by atoms with van der Waals surface area (Å²) in [4.78, 5) is 6.63. The Kier molecular flexibility index (Phi) is 7.21. The van der Waals surface area contributed by atoms with E-state index in [-0.39, 0.29) is 11.6 Å². The van der Waals surface area contributed by atoms with Gasteiger partial charge in [0.2, 0.25) is 10.0 Å². The number of piperazine rings is 1. The average Bonchev–Trinajstić information content (AvgIpc) is 3.21. The van der Waals surface area contributed by atoms with Crippen molar-refractivity contribution in [1.29, 1.82) is 0 Å². The highest BCUT2D eigenvalue weighted by Gasteiger charge is 2.28. The average molecular weight is 424 g/mol. The predicted molar refractivity (Wildman–Crippen MR) is 108 cm³/mol. The number of aliphatic imine (C=N–C) groups is 1. The van der Waals surface area contributed by atoms with Gasteiger partial charge in [0.05, 0.1) is 5.69 Å². The molecule has 158 valence electrons. The van der Waals surface area contributed by atoms with Gasteiger partial charge < -0.3 is 14.7 Å². The summed E-state index contributed by atoms with van der Waals surface area (Å²) >= 11 is 0. The number of nitrogens with zero attached hydrogens (tertiary/aromatic N) is 4. The van der Waals surface area contributed by atoms with Crippen LogP contribution in [0, 0.1) is 5.82 Å². The van der Waals surface area contributed by atoms with Crippen molar-refractivity contribution < 1.29 is 17.3 Å². The third-order valence-corrected chi connectivity index (χ3v) is 6.50. The molecular weight excluding hydrogens is 397 g/mol. The van der Waals surface area contributed by atoms with E-state index in [9.17, 15) is 12.8 Å². The first-order chi connectivity index (χ1) is 14.0. The molecule has 0 bridgehead atoms. The molecule has 8 nitrogen and oxygen atoms in total. The third-order valence-electron chi connectivity index (χ3n) is 4.69. The summed E-state index contributed by atoms with van der Waals surface area (Å²) in [5.74, 6) is 0.330. The number of nitrogens with one attached hydrogen (secondary N) is 1. The van der Waals surface area contributed by atoms with E-state index >= 15 is 0 Å². The van der Waals surface area contributed by atoms with Crippen molar-refractivity contribution in [3.63, 3.8) is 0 Å². The monoisotopic (exact) mass is 423 g/mol. The fraction of sp³-hybridized carbons (Fsp3) is 0.474. The molecule has 0 aliphatic carbocycles. The van der Waals surface area contributed by atoms with Crippen molar-refractivity contribution in [1.82, 2.24) is 19.7 Å². The molecule has 10 heteroatoms. The van der Waals surface area contributed by atoms with E-state index in [0.29, 0.717) is 56.9 Å². The standard InChI is InChI=1S/C19H26FN5O3S/c1-2-21-19(22-9-7-16-5-3-4-6-18(16)20)24-10-12-25(13-11-24)29(26,27)15-17-8-14-28-23-17/h3-6,8,14H,2,7,9-13,15H2,1H3,(H,21,22). The van der Waals surface area contributed by atoms with Crippen LogP contribution in [0.5, 0.6) is 0 Å². The smallest absolute Gasteiger partial charge is 0.220 e. The van der Waals surface area contributed by atoms with Crippen LogP contribution in [-0.2, 0) is 22.2 Å². The van der Waals surface area contributed by atoms with Crippen molar-refractivity contribution >= 4 is 16.0 Å². The molecule has 29 heavy (non-hydrogen) atoms. The van der Waals surface area contributed by atoms with Crippen LogP contribution >= 0.6 is 0 Å². The maximum atomic E-state index is 13.8. The zero-order valence-corrected chi connectivity index (χ0v) is 17.2. The summed E-state index contributed by atoms with van der Waals surface area (Å²) in [6.07, 6.45) is 1.87. The number of guanidine groups is 1. The third kappa shape index (κ3) is 5.77. The minimum Gasteiger partial charge on any atom is -0.364 e. The van der Waals surface area contributed by atoms with E-state index < -0.39 is 10.0 Å². The van der Waals surface area contributed by atoms with Gasteiger partial charge in [-0.2, -0.15) is 4.31 Å². The second-order valence-electron chi connectivity index (χ2n) is 6.71. The van der Waals surface area contributed by atoms with Crippen molar-refractivity contribution in [2.75, 3.05) is 39.3 Å². The van der Waals surface area contributed by atoms with Crippen LogP contribution < -0.4 is 5.32 Å². The quantitative estimate of drug-likeness (QED) is 0.536. The first-order valence-corrected chi connectivity index (χ1v) is 11.2. The number of hydrogen-bond acceptors (Lipinski definition) is 5. The van der Waals surface area contributed by atoms with Gasteiger partial charge in [0, 0.05) is 45.3 Å². The van der Waals surface area contributed by atoms with E-state index in [1.165, 1.54) is 16.6 Å². The van der Waals surface area contributed by atoms with Gasteiger partial charge in [-0.3, -0.25) is 4.99 Å². The lowest BCUT2D eigenvalue weighted by atomic mass is 10.1. The topological polar surface area (TPSA) is 91.0 Å². The lowest BCUT2D eigenvalue weighted by Crippen LogP contribution is -2.54. The fourth-order valence-electron chi connectivity index (χ4n) is 3.18. The molecule has 1 aliphatic heterocycles. The maximum absolute atomic E-state index is 13.8. The van der Waals surface area contributed by atoms with Gasteiger partial charge in [-0.1, -0.05) is 23.4 Å². The van der Waals surface area contributed by atoms with Gasteiger partial charge in [-0.15, -0.1) is 0 Å². The maximum Gasteiger partial charge on any atom is 0.220 e. The van der Waals surface area contributed by atoms with E-state index in [4.69, 9.17) is 4.52 Å². The number of hydrogen-bond donors (Lipinski definition) is 1. The normalized spacial score (nSPS) is 16.2. The molecule has 2 aromatic rings. The molecule has 0 radical (unpaired) electrons. The lowest BCUT2D eigenvalue weighted by Gasteiger charge is -2.35. The molecular formula is C19H26FN5O3S. The number of benzene rings is 1. The Labute approximate surface area is 170 Å². The zero-order chi connectivity index (χ0) is 20.7. The Bertz CT molecular complexity index is 910. The van der Waals surface area contributed by atoms with Gasteiger partial charge in [-0.05, 0) is 25.0 Å². The molecule has 1 N–H and O–H groups in total. The number of aromatic nitrogens is 1. The van der Waals surface area contributed by atoms with Crippen LogP contribution in [0.4, 0.5) is 4.39 Å².